The highest BCUT2D eigenvalue weighted by Crippen LogP contribution is 2.37. The van der Waals surface area contributed by atoms with E-state index in [2.05, 4.69) is 15.7 Å². The Morgan fingerprint density at radius 3 is 2.15 bits per heavy atom. The second kappa shape index (κ2) is 12.4. The lowest BCUT2D eigenvalue weighted by atomic mass is 10.2. The molecular formula is C31H26N4O6. The van der Waals surface area contributed by atoms with E-state index in [0.717, 1.165) is 10.4 Å². The van der Waals surface area contributed by atoms with Gasteiger partial charge in [0.1, 0.15) is 22.9 Å². The van der Waals surface area contributed by atoms with Crippen LogP contribution in [0.1, 0.15) is 0 Å². The van der Waals surface area contributed by atoms with Gasteiger partial charge < -0.3 is 24.3 Å². The SMILES string of the molecule is COc1cc2nccc(Oc3ccc(NC(=O)NN(C=O)c4ccccc4Oc4ccccc4)cc3)c2cc1OC. The molecule has 10 nitrogen and oxygen atoms in total. The summed E-state index contributed by atoms with van der Waals surface area (Å²) < 4.78 is 22.8. The Morgan fingerprint density at radius 2 is 1.41 bits per heavy atom. The van der Waals surface area contributed by atoms with E-state index in [9.17, 15) is 9.59 Å². The molecule has 2 N–H and O–H groups in total. The molecule has 5 aromatic rings. The molecule has 5 rings (SSSR count). The fraction of sp³-hybridized carbons (Fsp3) is 0.0645. The van der Waals surface area contributed by atoms with Crippen molar-refractivity contribution in [3.63, 3.8) is 0 Å². The lowest BCUT2D eigenvalue weighted by molar-refractivity contribution is -0.107. The highest BCUT2D eigenvalue weighted by molar-refractivity contribution is 5.94. The summed E-state index contributed by atoms with van der Waals surface area (Å²) in [5, 5.41) is 4.50. The van der Waals surface area contributed by atoms with E-state index in [1.807, 2.05) is 18.2 Å². The fourth-order valence-electron chi connectivity index (χ4n) is 4.04. The van der Waals surface area contributed by atoms with Crippen LogP contribution in [0.25, 0.3) is 10.9 Å². The zero-order chi connectivity index (χ0) is 28.6. The fourth-order valence-corrected chi connectivity index (χ4v) is 4.04. The van der Waals surface area contributed by atoms with Gasteiger partial charge in [0.2, 0.25) is 6.41 Å². The summed E-state index contributed by atoms with van der Waals surface area (Å²) in [6.07, 6.45) is 2.14. The zero-order valence-electron chi connectivity index (χ0n) is 22.2. The number of anilines is 2. The predicted molar refractivity (Wildman–Crippen MR) is 155 cm³/mol. The molecule has 0 aliphatic rings. The van der Waals surface area contributed by atoms with Crippen molar-refractivity contribution in [1.82, 2.24) is 10.4 Å². The average molecular weight is 551 g/mol. The van der Waals surface area contributed by atoms with Gasteiger partial charge in [-0.15, -0.1) is 0 Å². The first kappa shape index (κ1) is 26.8. The van der Waals surface area contributed by atoms with Gasteiger partial charge in [-0.2, -0.15) is 0 Å². The molecule has 0 saturated heterocycles. The average Bonchev–Trinajstić information content (AvgIpc) is 3.01. The minimum atomic E-state index is -0.624. The van der Waals surface area contributed by atoms with Crippen molar-refractivity contribution < 1.29 is 28.5 Å². The number of hydrogen-bond acceptors (Lipinski definition) is 7. The Balaban J connectivity index is 1.26. The predicted octanol–water partition coefficient (Wildman–Crippen LogP) is 6.54. The minimum absolute atomic E-state index is 0.365. The largest absolute Gasteiger partial charge is 0.493 e. The number of para-hydroxylation sites is 3. The Kier molecular flexibility index (Phi) is 8.11. The van der Waals surface area contributed by atoms with Crippen LogP contribution in [0, 0.1) is 0 Å². The Bertz CT molecular complexity index is 1660. The van der Waals surface area contributed by atoms with Crippen molar-refractivity contribution in [2.45, 2.75) is 0 Å². The number of hydrazine groups is 1. The molecule has 1 heterocycles. The summed E-state index contributed by atoms with van der Waals surface area (Å²) >= 11 is 0. The third kappa shape index (κ3) is 6.28. The van der Waals surface area contributed by atoms with E-state index in [-0.39, 0.29) is 0 Å². The van der Waals surface area contributed by atoms with Gasteiger partial charge in [0.05, 0.1) is 19.7 Å². The number of amides is 3. The number of nitrogens with one attached hydrogen (secondary N) is 2. The van der Waals surface area contributed by atoms with Crippen LogP contribution in [0.3, 0.4) is 0 Å². The first-order valence-electron chi connectivity index (χ1n) is 12.5. The molecule has 206 valence electrons. The highest BCUT2D eigenvalue weighted by atomic mass is 16.5. The number of urea groups is 1. The Labute approximate surface area is 236 Å². The molecule has 4 aromatic carbocycles. The van der Waals surface area contributed by atoms with Crippen molar-refractivity contribution >= 4 is 34.7 Å². The van der Waals surface area contributed by atoms with Crippen molar-refractivity contribution in [2.24, 2.45) is 0 Å². The van der Waals surface area contributed by atoms with Gasteiger partial charge in [0.25, 0.3) is 0 Å². The summed E-state index contributed by atoms with van der Waals surface area (Å²) in [5.74, 6) is 3.23. The maximum atomic E-state index is 12.7. The van der Waals surface area contributed by atoms with E-state index in [1.165, 1.54) is 0 Å². The van der Waals surface area contributed by atoms with Crippen LogP contribution in [-0.4, -0.2) is 31.6 Å². The second-order valence-electron chi connectivity index (χ2n) is 8.58. The van der Waals surface area contributed by atoms with Gasteiger partial charge in [0.15, 0.2) is 17.2 Å². The molecule has 0 atom stereocenters. The van der Waals surface area contributed by atoms with Gasteiger partial charge in [-0.1, -0.05) is 30.3 Å². The highest BCUT2D eigenvalue weighted by Gasteiger charge is 2.16. The van der Waals surface area contributed by atoms with E-state index < -0.39 is 6.03 Å². The molecule has 0 bridgehead atoms. The summed E-state index contributed by atoms with van der Waals surface area (Å²) in [6.45, 7) is 0. The topological polar surface area (TPSA) is 111 Å². The summed E-state index contributed by atoms with van der Waals surface area (Å²) in [5.41, 5.74) is 4.06. The number of ether oxygens (including phenoxy) is 4. The second-order valence-corrected chi connectivity index (χ2v) is 8.58. The van der Waals surface area contributed by atoms with Gasteiger partial charge in [-0.3, -0.25) is 9.78 Å². The van der Waals surface area contributed by atoms with Crippen LogP contribution in [0.4, 0.5) is 16.2 Å². The van der Waals surface area contributed by atoms with Crippen LogP contribution in [0.5, 0.6) is 34.5 Å². The lowest BCUT2D eigenvalue weighted by Crippen LogP contribution is -2.44. The lowest BCUT2D eigenvalue weighted by Gasteiger charge is -2.21. The maximum Gasteiger partial charge on any atom is 0.338 e. The molecule has 3 amide bonds. The van der Waals surface area contributed by atoms with Crippen molar-refractivity contribution in [1.29, 1.82) is 0 Å². The minimum Gasteiger partial charge on any atom is -0.493 e. The summed E-state index contributed by atoms with van der Waals surface area (Å²) in [7, 11) is 3.13. The standard InChI is InChI=1S/C31H26N4O6/c1-38-29-18-24-25(19-30(29)39-2)32-17-16-27(24)40-23-14-12-21(13-15-23)33-31(37)34-35(20-36)26-10-6-7-11-28(26)41-22-8-4-3-5-9-22/h3-20H,1-2H3,(H2,33,34,37). The van der Waals surface area contributed by atoms with Crippen LogP contribution < -0.4 is 34.7 Å². The monoisotopic (exact) mass is 550 g/mol. The first-order valence-corrected chi connectivity index (χ1v) is 12.5. The summed E-state index contributed by atoms with van der Waals surface area (Å²) in [4.78, 5) is 29.0. The van der Waals surface area contributed by atoms with Gasteiger partial charge in [0, 0.05) is 23.3 Å². The number of methoxy groups -OCH3 is 2. The van der Waals surface area contributed by atoms with E-state index in [1.54, 1.807) is 99.3 Å². The van der Waals surface area contributed by atoms with Crippen LogP contribution >= 0.6 is 0 Å². The molecule has 1 aromatic heterocycles. The van der Waals surface area contributed by atoms with Crippen molar-refractivity contribution in [2.75, 3.05) is 24.5 Å². The van der Waals surface area contributed by atoms with E-state index >= 15 is 0 Å². The van der Waals surface area contributed by atoms with Gasteiger partial charge in [-0.25, -0.2) is 15.2 Å². The van der Waals surface area contributed by atoms with Crippen molar-refractivity contribution in [3.05, 3.63) is 103 Å². The van der Waals surface area contributed by atoms with Crippen LogP contribution in [-0.2, 0) is 4.79 Å². The molecular weight excluding hydrogens is 524 g/mol. The molecule has 0 radical (unpaired) electrons. The molecule has 41 heavy (non-hydrogen) atoms. The number of hydrogen-bond donors (Lipinski definition) is 2. The van der Waals surface area contributed by atoms with Gasteiger partial charge >= 0.3 is 6.03 Å². The molecule has 0 aliphatic heterocycles. The van der Waals surface area contributed by atoms with Gasteiger partial charge in [-0.05, 0) is 60.7 Å². The zero-order valence-corrected chi connectivity index (χ0v) is 22.2. The number of nitrogens with zero attached hydrogens (tertiary/aromatic N) is 2. The number of rotatable bonds is 10. The Hall–Kier alpha value is -5.77. The normalized spacial score (nSPS) is 10.4. The van der Waals surface area contributed by atoms with E-state index in [4.69, 9.17) is 18.9 Å². The number of benzene rings is 4. The molecule has 10 heteroatoms. The van der Waals surface area contributed by atoms with E-state index in [0.29, 0.717) is 57.8 Å². The molecule has 0 aliphatic carbocycles. The van der Waals surface area contributed by atoms with Crippen LogP contribution in [0.15, 0.2) is 103 Å². The molecule has 0 fully saturated rings. The van der Waals surface area contributed by atoms with Crippen molar-refractivity contribution in [3.8, 4) is 34.5 Å². The number of fused-ring (bicyclic) bond motifs is 1. The quantitative estimate of drug-likeness (QED) is 0.150. The number of pyridine rings is 1. The van der Waals surface area contributed by atoms with Crippen LogP contribution in [0.2, 0.25) is 0 Å². The maximum absolute atomic E-state index is 12.7. The number of carbonyl (C=O) groups is 2. The number of aromatic nitrogens is 1. The Morgan fingerprint density at radius 1 is 0.756 bits per heavy atom. The smallest absolute Gasteiger partial charge is 0.338 e. The molecule has 0 unspecified atom stereocenters. The first-order chi connectivity index (χ1) is 20.1. The number of carbonyl (C=O) groups excluding carboxylic acids is 2. The summed E-state index contributed by atoms with van der Waals surface area (Å²) in [6, 6.07) is 27.5. The molecule has 0 spiro atoms. The third-order valence-electron chi connectivity index (χ3n) is 5.97. The third-order valence-corrected chi connectivity index (χ3v) is 5.97. The molecule has 0 saturated carbocycles.